The first kappa shape index (κ1) is 22.8. The van der Waals surface area contributed by atoms with Crippen molar-refractivity contribution in [3.05, 3.63) is 76.1 Å². The van der Waals surface area contributed by atoms with E-state index in [-0.39, 0.29) is 35.7 Å². The smallest absolute Gasteiger partial charge is 0.371 e. The molecule has 1 aromatic carbocycles. The molecule has 2 aromatic rings. The average molecular weight is 470 g/mol. The van der Waals surface area contributed by atoms with Crippen LogP contribution in [0.1, 0.15) is 10.6 Å². The summed E-state index contributed by atoms with van der Waals surface area (Å²) in [4.78, 5) is 46.9. The Morgan fingerprint density at radius 1 is 1.09 bits per heavy atom. The Labute approximate surface area is 190 Å². The number of fused-ring (bicyclic) bond motifs is 2. The molecule has 0 radical (unpaired) electrons. The van der Waals surface area contributed by atoms with Crippen LogP contribution in [0.25, 0.3) is 11.0 Å². The molecule has 0 fully saturated rings. The molecular formula is C23H18O11. The third-order valence-electron chi connectivity index (χ3n) is 5.05. The van der Waals surface area contributed by atoms with E-state index in [4.69, 9.17) is 28.8 Å². The number of aromatic carboxylic acids is 1. The Kier molecular flexibility index (Phi) is 6.19. The molecule has 1 aromatic heterocycles. The molecule has 0 amide bonds. The summed E-state index contributed by atoms with van der Waals surface area (Å²) in [6, 6.07) is 5.23. The average Bonchev–Trinajstić information content (AvgIpc) is 2.80. The molecule has 2 heterocycles. The fraction of sp³-hybridized carbons (Fsp3) is 0.217. The number of carbonyl (C=O) groups excluding carboxylic acids is 1. The number of carbonyl (C=O) groups is 3. The van der Waals surface area contributed by atoms with Crippen LogP contribution in [0.5, 0.6) is 5.75 Å². The largest absolute Gasteiger partial charge is 0.494 e. The molecule has 3 N–H and O–H groups in total. The molecule has 0 saturated heterocycles. The Bertz CT molecular complexity index is 1310. The number of hydrogen-bond donors (Lipinski definition) is 3. The summed E-state index contributed by atoms with van der Waals surface area (Å²) in [5, 5.41) is 28.4. The summed E-state index contributed by atoms with van der Waals surface area (Å²) < 4.78 is 21.6. The number of rotatable bonds is 8. The van der Waals surface area contributed by atoms with Crippen LogP contribution in [0.2, 0.25) is 0 Å². The fourth-order valence-electron chi connectivity index (χ4n) is 3.53. The van der Waals surface area contributed by atoms with Gasteiger partial charge in [-0.15, -0.1) is 0 Å². The number of aliphatic hydroxyl groups is 1. The monoisotopic (exact) mass is 470 g/mol. The molecule has 1 aliphatic heterocycles. The van der Waals surface area contributed by atoms with E-state index >= 15 is 0 Å². The number of carboxylic acid groups (broad SMARTS) is 2. The molecule has 0 saturated carbocycles. The third-order valence-corrected chi connectivity index (χ3v) is 5.05. The molecular weight excluding hydrogens is 452 g/mol. The van der Waals surface area contributed by atoms with E-state index in [0.29, 0.717) is 0 Å². The highest BCUT2D eigenvalue weighted by atomic mass is 16.5. The van der Waals surface area contributed by atoms with E-state index in [0.717, 1.165) is 12.1 Å². The summed E-state index contributed by atoms with van der Waals surface area (Å²) >= 11 is 0. The van der Waals surface area contributed by atoms with Gasteiger partial charge in [-0.1, -0.05) is 12.1 Å². The van der Waals surface area contributed by atoms with Gasteiger partial charge in [-0.2, -0.15) is 0 Å². The van der Waals surface area contributed by atoms with Crippen molar-refractivity contribution in [2.75, 3.05) is 13.2 Å². The summed E-state index contributed by atoms with van der Waals surface area (Å²) in [5.41, 5.74) is -0.599. The molecule has 2 aliphatic rings. The van der Waals surface area contributed by atoms with Crippen molar-refractivity contribution in [3.63, 3.8) is 0 Å². The van der Waals surface area contributed by atoms with E-state index in [9.17, 15) is 24.3 Å². The van der Waals surface area contributed by atoms with Crippen molar-refractivity contribution < 1.29 is 48.3 Å². The minimum Gasteiger partial charge on any atom is -0.494 e. The number of ether oxygens (including phenoxy) is 3. The van der Waals surface area contributed by atoms with Crippen LogP contribution in [0, 0.1) is 5.92 Å². The van der Waals surface area contributed by atoms with E-state index in [1.165, 1.54) is 30.4 Å². The van der Waals surface area contributed by atoms with Crippen molar-refractivity contribution in [2.24, 2.45) is 5.92 Å². The van der Waals surface area contributed by atoms with Crippen LogP contribution in [0.4, 0.5) is 0 Å². The predicted molar refractivity (Wildman–Crippen MR) is 113 cm³/mol. The first-order chi connectivity index (χ1) is 16.2. The van der Waals surface area contributed by atoms with Gasteiger partial charge in [-0.3, -0.25) is 9.59 Å². The van der Waals surface area contributed by atoms with Gasteiger partial charge in [0.25, 0.3) is 0 Å². The summed E-state index contributed by atoms with van der Waals surface area (Å²) in [7, 11) is 0. The highest BCUT2D eigenvalue weighted by Gasteiger charge is 2.39. The predicted octanol–water partition coefficient (Wildman–Crippen LogP) is 1.25. The number of allylic oxidation sites excluding steroid dienone is 3. The second-order valence-electron chi connectivity index (χ2n) is 7.42. The van der Waals surface area contributed by atoms with Crippen LogP contribution in [0.15, 0.2) is 69.3 Å². The molecule has 0 bridgehead atoms. The number of carboxylic acids is 2. The van der Waals surface area contributed by atoms with Gasteiger partial charge in [0.15, 0.2) is 11.2 Å². The Morgan fingerprint density at radius 2 is 1.85 bits per heavy atom. The minimum absolute atomic E-state index is 0.0166. The van der Waals surface area contributed by atoms with Crippen molar-refractivity contribution in [3.8, 4) is 5.75 Å². The summed E-state index contributed by atoms with van der Waals surface area (Å²) in [6.45, 7) is -0.557. The van der Waals surface area contributed by atoms with Crippen LogP contribution in [-0.4, -0.2) is 58.5 Å². The van der Waals surface area contributed by atoms with Crippen molar-refractivity contribution in [2.45, 2.75) is 12.2 Å². The molecule has 11 heteroatoms. The summed E-state index contributed by atoms with van der Waals surface area (Å²) in [5.74, 6) is -4.81. The quantitative estimate of drug-likeness (QED) is 0.507. The third kappa shape index (κ3) is 4.55. The first-order valence-electron chi connectivity index (χ1n) is 10.0. The molecule has 0 spiro atoms. The van der Waals surface area contributed by atoms with Gasteiger partial charge in [-0.25, -0.2) is 9.59 Å². The van der Waals surface area contributed by atoms with Crippen LogP contribution < -0.4 is 10.2 Å². The lowest BCUT2D eigenvalue weighted by molar-refractivity contribution is -0.141. The van der Waals surface area contributed by atoms with Gasteiger partial charge < -0.3 is 33.9 Å². The molecule has 3 atom stereocenters. The number of hydrogen-bond acceptors (Lipinski definition) is 9. The Hall–Kier alpha value is -4.38. The first-order valence-corrected chi connectivity index (χ1v) is 10.0. The normalized spacial score (nSPS) is 20.0. The highest BCUT2D eigenvalue weighted by Crippen LogP contribution is 2.31. The van der Waals surface area contributed by atoms with E-state index in [1.54, 1.807) is 6.08 Å². The highest BCUT2D eigenvalue weighted by molar-refractivity contribution is 6.01. The fourth-order valence-corrected chi connectivity index (χ4v) is 3.53. The van der Waals surface area contributed by atoms with Crippen molar-refractivity contribution in [1.82, 2.24) is 0 Å². The molecule has 34 heavy (non-hydrogen) atoms. The van der Waals surface area contributed by atoms with Gasteiger partial charge in [0, 0.05) is 12.1 Å². The van der Waals surface area contributed by atoms with Gasteiger partial charge in [-0.05, 0) is 24.3 Å². The minimum atomic E-state index is -1.39. The standard InChI is InChI=1S/C23H18O11/c24-11(9-31-14-3-1-5-16-20(14)12(25)7-18(33-16)22(27)28)10-32-15-4-2-6-17-21(15)13(26)8-19(34-17)23(29)30/h1-8,11,16,20,24H,9-10H2,(H,27,28)(H,29,30). The molecule has 11 nitrogen and oxygen atoms in total. The number of aliphatic hydroxyl groups excluding tert-OH is 1. The lowest BCUT2D eigenvalue weighted by Crippen LogP contribution is -2.38. The number of ketones is 1. The van der Waals surface area contributed by atoms with Gasteiger partial charge in [0.1, 0.15) is 53.8 Å². The second kappa shape index (κ2) is 9.24. The lowest BCUT2D eigenvalue weighted by atomic mass is 9.89. The SMILES string of the molecule is O=C(O)C1=CC(=O)C2C(OCC(O)COc3cccc4oc(C(=O)O)cc(=O)c34)=CC=CC2O1. The van der Waals surface area contributed by atoms with Crippen LogP contribution in [-0.2, 0) is 19.1 Å². The van der Waals surface area contributed by atoms with Crippen molar-refractivity contribution >= 4 is 28.7 Å². The Morgan fingerprint density at radius 3 is 2.59 bits per heavy atom. The van der Waals surface area contributed by atoms with E-state index < -0.39 is 52.8 Å². The van der Waals surface area contributed by atoms with E-state index in [1.807, 2.05) is 0 Å². The van der Waals surface area contributed by atoms with Crippen LogP contribution >= 0.6 is 0 Å². The second-order valence-corrected chi connectivity index (χ2v) is 7.42. The number of benzene rings is 1. The Balaban J connectivity index is 1.41. The summed E-state index contributed by atoms with van der Waals surface area (Å²) in [6.07, 6.45) is 3.48. The molecule has 4 rings (SSSR count). The van der Waals surface area contributed by atoms with Gasteiger partial charge >= 0.3 is 11.9 Å². The molecule has 3 unspecified atom stereocenters. The maximum Gasteiger partial charge on any atom is 0.371 e. The zero-order valence-corrected chi connectivity index (χ0v) is 17.4. The molecule has 1 aliphatic carbocycles. The van der Waals surface area contributed by atoms with E-state index in [2.05, 4.69) is 0 Å². The maximum absolute atomic E-state index is 12.4. The molecule has 176 valence electrons. The maximum atomic E-state index is 12.4. The lowest BCUT2D eigenvalue weighted by Gasteiger charge is -2.31. The zero-order chi connectivity index (χ0) is 24.4. The van der Waals surface area contributed by atoms with Gasteiger partial charge in [0.2, 0.25) is 11.5 Å². The number of aliphatic carboxylic acids is 1. The van der Waals surface area contributed by atoms with Crippen LogP contribution in [0.3, 0.4) is 0 Å². The van der Waals surface area contributed by atoms with Gasteiger partial charge in [0.05, 0.1) is 0 Å². The zero-order valence-electron chi connectivity index (χ0n) is 17.4. The topological polar surface area (TPSA) is 170 Å². The van der Waals surface area contributed by atoms with Crippen molar-refractivity contribution in [1.29, 1.82) is 0 Å².